The number of benzene rings is 3. The van der Waals surface area contributed by atoms with E-state index in [0.29, 0.717) is 24.9 Å². The summed E-state index contributed by atoms with van der Waals surface area (Å²) >= 11 is 0. The minimum absolute atomic E-state index is 0.0344. The molecule has 2 N–H and O–H groups in total. The van der Waals surface area contributed by atoms with Crippen molar-refractivity contribution in [2.75, 3.05) is 40.3 Å². The van der Waals surface area contributed by atoms with Crippen molar-refractivity contribution < 1.29 is 28.2 Å². The van der Waals surface area contributed by atoms with E-state index in [1.807, 2.05) is 14.0 Å². The zero-order valence-electron chi connectivity index (χ0n) is 26.3. The van der Waals surface area contributed by atoms with E-state index in [0.717, 1.165) is 19.4 Å². The summed E-state index contributed by atoms with van der Waals surface area (Å²) in [5.41, 5.74) is -0.479. The number of fused-ring (bicyclic) bond motifs is 1. The number of aromatic hydroxyl groups is 1. The van der Waals surface area contributed by atoms with Crippen LogP contribution in [-0.4, -0.2) is 83.0 Å². The van der Waals surface area contributed by atoms with E-state index in [1.165, 1.54) is 34.9 Å². The molecule has 0 spiro atoms. The first-order chi connectivity index (χ1) is 22.6. The molecule has 0 bridgehead atoms. The number of carbonyl (C=O) groups excluding carboxylic acids is 1. The zero-order chi connectivity index (χ0) is 33.1. The van der Waals surface area contributed by atoms with Crippen LogP contribution in [0.1, 0.15) is 37.8 Å². The number of amides is 2. The van der Waals surface area contributed by atoms with E-state index in [2.05, 4.69) is 21.1 Å². The van der Waals surface area contributed by atoms with Gasteiger partial charge in [-0.25, -0.2) is 18.6 Å². The van der Waals surface area contributed by atoms with Crippen LogP contribution >= 0.6 is 0 Å². The molecule has 3 aliphatic heterocycles. The Balaban J connectivity index is 1.45. The molecule has 244 valence electrons. The van der Waals surface area contributed by atoms with Crippen LogP contribution in [0.2, 0.25) is 0 Å². The van der Waals surface area contributed by atoms with Gasteiger partial charge in [-0.3, -0.25) is 14.3 Å². The molecule has 0 saturated carbocycles. The number of carbonyl (C=O) groups is 1. The number of rotatable bonds is 5. The fraction of sp³-hybridized carbons (Fsp3) is 0.400. The van der Waals surface area contributed by atoms with Crippen LogP contribution in [-0.2, 0) is 0 Å². The van der Waals surface area contributed by atoms with E-state index >= 15 is 4.39 Å². The summed E-state index contributed by atoms with van der Waals surface area (Å²) in [4.78, 5) is 35.0. The lowest BCUT2D eigenvalue weighted by Gasteiger charge is -2.33. The Bertz CT molecular complexity index is 2040. The molecule has 4 atom stereocenters. The molecule has 3 aromatic carbocycles. The molecule has 3 aliphatic rings. The molecule has 4 aromatic rings. The second-order valence-corrected chi connectivity index (χ2v) is 12.6. The highest BCUT2D eigenvalue weighted by Gasteiger charge is 2.39. The van der Waals surface area contributed by atoms with Gasteiger partial charge in [-0.2, -0.15) is 0 Å². The molecule has 10 nitrogen and oxygen atoms in total. The minimum Gasteiger partial charge on any atom is -0.508 e. The van der Waals surface area contributed by atoms with Crippen molar-refractivity contribution in [2.45, 2.75) is 44.4 Å². The van der Waals surface area contributed by atoms with Gasteiger partial charge < -0.3 is 24.8 Å². The lowest BCUT2D eigenvalue weighted by atomic mass is 9.92. The number of nitrogens with zero attached hydrogens (tertiary/aromatic N) is 4. The van der Waals surface area contributed by atoms with Crippen molar-refractivity contribution >= 4 is 27.8 Å². The van der Waals surface area contributed by atoms with E-state index in [4.69, 9.17) is 15.9 Å². The maximum absolute atomic E-state index is 17.0. The Morgan fingerprint density at radius 3 is 2.74 bits per heavy atom. The van der Waals surface area contributed by atoms with Crippen LogP contribution in [0.25, 0.3) is 32.9 Å². The minimum atomic E-state index is -0.810. The van der Waals surface area contributed by atoms with Gasteiger partial charge in [0, 0.05) is 43.0 Å². The molecular weight excluding hydrogens is 608 g/mol. The maximum atomic E-state index is 17.0. The van der Waals surface area contributed by atoms with E-state index < -0.39 is 29.3 Å². The predicted octanol–water partition coefficient (Wildman–Crippen LogP) is 4.64. The maximum Gasteiger partial charge on any atom is 0.317 e. The normalized spacial score (nSPS) is 21.5. The SMILES string of the molecule is C#Cc1c(F)ccc2cc(O)cc(-c3cc4c5c(nc(O[C@@H](C)[C@@H]6CCCN6C)c(=O)n5C(C5CCN(C(=O)NC)C5)CO4)c3F)c12. The number of terminal acetylenes is 1. The van der Waals surface area contributed by atoms with Crippen LogP contribution in [0.3, 0.4) is 0 Å². The number of halogens is 2. The van der Waals surface area contributed by atoms with Crippen molar-refractivity contribution in [3.05, 3.63) is 57.9 Å². The number of ether oxygens (including phenoxy) is 2. The molecule has 2 saturated heterocycles. The number of likely N-dealkylation sites (N-methyl/N-ethyl adjacent to an activating group) is 1. The van der Waals surface area contributed by atoms with Gasteiger partial charge in [0.1, 0.15) is 41.1 Å². The first kappa shape index (κ1) is 30.7. The fourth-order valence-corrected chi connectivity index (χ4v) is 7.60. The number of hydrogen-bond acceptors (Lipinski definition) is 7. The van der Waals surface area contributed by atoms with Crippen molar-refractivity contribution in [1.82, 2.24) is 24.7 Å². The standard InChI is InChI=1S/C35H35F2N5O5/c1-5-22-25(36)9-8-19-13-21(43)14-23(29(19)22)24-15-28-32-31(30(24)37)39-33(47-18(2)26-7-6-11-40(26)4)34(44)42(32)27(17-46-28)20-10-12-41(16-20)35(45)38-3/h1,8-9,13-15,18,20,26-27,43H,6-7,10-12,16-17H2,2-4H3,(H,38,45)/t18-,20?,26-,27?/m0/s1. The average Bonchev–Trinajstić information content (AvgIpc) is 3.73. The summed E-state index contributed by atoms with van der Waals surface area (Å²) in [5, 5.41) is 13.9. The molecule has 7 rings (SSSR count). The van der Waals surface area contributed by atoms with Crippen molar-refractivity contribution in [2.24, 2.45) is 5.92 Å². The van der Waals surface area contributed by atoms with Crippen molar-refractivity contribution in [1.29, 1.82) is 0 Å². The van der Waals surface area contributed by atoms with Crippen LogP contribution in [0.5, 0.6) is 17.4 Å². The highest BCUT2D eigenvalue weighted by Crippen LogP contribution is 2.44. The smallest absolute Gasteiger partial charge is 0.317 e. The molecule has 12 heteroatoms. The number of hydrogen-bond donors (Lipinski definition) is 2. The number of likely N-dealkylation sites (tertiary alicyclic amines) is 2. The van der Waals surface area contributed by atoms with Crippen LogP contribution < -0.4 is 20.3 Å². The van der Waals surface area contributed by atoms with Gasteiger partial charge in [-0.1, -0.05) is 12.0 Å². The van der Waals surface area contributed by atoms with Crippen molar-refractivity contribution in [3.63, 3.8) is 0 Å². The zero-order valence-corrected chi connectivity index (χ0v) is 26.3. The lowest BCUT2D eigenvalue weighted by Crippen LogP contribution is -2.42. The number of phenols is 1. The fourth-order valence-electron chi connectivity index (χ4n) is 7.60. The molecule has 47 heavy (non-hydrogen) atoms. The summed E-state index contributed by atoms with van der Waals surface area (Å²) in [7, 11) is 3.56. The first-order valence-electron chi connectivity index (χ1n) is 15.8. The van der Waals surface area contributed by atoms with Crippen molar-refractivity contribution in [3.8, 4) is 40.8 Å². The van der Waals surface area contributed by atoms with Gasteiger partial charge in [0.25, 0.3) is 5.88 Å². The van der Waals surface area contributed by atoms with E-state index in [1.54, 1.807) is 11.9 Å². The van der Waals surface area contributed by atoms with Gasteiger partial charge in [-0.05, 0) is 75.0 Å². The first-order valence-corrected chi connectivity index (χ1v) is 15.8. The molecule has 2 unspecified atom stereocenters. The molecule has 0 aliphatic carbocycles. The van der Waals surface area contributed by atoms with E-state index in [-0.39, 0.29) is 75.1 Å². The Kier molecular flexibility index (Phi) is 7.67. The largest absolute Gasteiger partial charge is 0.508 e. The Morgan fingerprint density at radius 1 is 1.21 bits per heavy atom. The third-order valence-electron chi connectivity index (χ3n) is 9.95. The van der Waals surface area contributed by atoms with Gasteiger partial charge in [0.2, 0.25) is 0 Å². The van der Waals surface area contributed by atoms with Gasteiger partial charge in [0.15, 0.2) is 5.82 Å². The highest BCUT2D eigenvalue weighted by molar-refractivity contribution is 6.04. The summed E-state index contributed by atoms with van der Waals surface area (Å²) in [5.74, 6) is 0.522. The number of phenolic OH excluding ortho intramolecular Hbond substituents is 1. The summed E-state index contributed by atoms with van der Waals surface area (Å²) < 4.78 is 46.0. The highest BCUT2D eigenvalue weighted by atomic mass is 19.1. The van der Waals surface area contributed by atoms with E-state index in [9.17, 15) is 19.1 Å². The van der Waals surface area contributed by atoms with Crippen LogP contribution in [0.15, 0.2) is 35.1 Å². The summed E-state index contributed by atoms with van der Waals surface area (Å²) in [6, 6.07) is 6.15. The Morgan fingerprint density at radius 2 is 2.02 bits per heavy atom. The lowest BCUT2D eigenvalue weighted by molar-refractivity contribution is 0.113. The monoisotopic (exact) mass is 643 g/mol. The van der Waals surface area contributed by atoms with Gasteiger partial charge in [-0.15, -0.1) is 6.42 Å². The molecule has 2 fully saturated rings. The van der Waals surface area contributed by atoms with Crippen LogP contribution in [0.4, 0.5) is 13.6 Å². The van der Waals surface area contributed by atoms with Gasteiger partial charge >= 0.3 is 11.6 Å². The van der Waals surface area contributed by atoms with Gasteiger partial charge in [0.05, 0.1) is 11.6 Å². The Labute approximate surface area is 269 Å². The molecule has 2 amide bonds. The van der Waals surface area contributed by atoms with Crippen LogP contribution in [0, 0.1) is 29.9 Å². The molecule has 4 heterocycles. The third-order valence-corrected chi connectivity index (χ3v) is 9.95. The number of urea groups is 1. The second-order valence-electron chi connectivity index (χ2n) is 12.6. The predicted molar refractivity (Wildman–Crippen MR) is 173 cm³/mol. The number of aromatic nitrogens is 2. The second kappa shape index (κ2) is 11.7. The molecule has 1 aromatic heterocycles. The summed E-state index contributed by atoms with van der Waals surface area (Å²) in [6.45, 7) is 3.73. The quantitative estimate of drug-likeness (QED) is 0.305. The Hall–Kier alpha value is -4.89. The third kappa shape index (κ3) is 5.00. The molecule has 0 radical (unpaired) electrons. The summed E-state index contributed by atoms with van der Waals surface area (Å²) in [6.07, 6.45) is 7.78. The molecular formula is C35H35F2N5O5. The topological polar surface area (TPSA) is 109 Å². The number of nitrogens with one attached hydrogen (secondary N) is 1. The average molecular weight is 644 g/mol.